The van der Waals surface area contributed by atoms with Crippen molar-refractivity contribution in [2.75, 3.05) is 18.9 Å². The van der Waals surface area contributed by atoms with Crippen LogP contribution in [0.15, 0.2) is 71.7 Å². The van der Waals surface area contributed by atoms with Gasteiger partial charge in [-0.05, 0) is 55.0 Å². The van der Waals surface area contributed by atoms with Crippen molar-refractivity contribution in [1.82, 2.24) is 19.9 Å². The number of hydrogen-bond acceptors (Lipinski definition) is 6. The lowest BCUT2D eigenvalue weighted by molar-refractivity contribution is 0.241. The second kappa shape index (κ2) is 9.49. The van der Waals surface area contributed by atoms with Gasteiger partial charge in [-0.2, -0.15) is 0 Å². The first kappa shape index (κ1) is 21.9. The van der Waals surface area contributed by atoms with Crippen LogP contribution in [0.5, 0.6) is 5.75 Å². The summed E-state index contributed by atoms with van der Waals surface area (Å²) in [4.78, 5) is 27.4. The maximum Gasteiger partial charge on any atom is 0.255 e. The number of benzene rings is 2. The van der Waals surface area contributed by atoms with Crippen molar-refractivity contribution < 1.29 is 4.74 Å². The fraction of sp³-hybridized carbons (Fsp3) is 0.222. The molecular weight excluding hydrogens is 426 g/mol. The standard InChI is InChI=1S/C27H27N5O2/c1-2-34-22-5-3-4-20(14-22)24-11-6-18(15-29-24)16-32-13-12-25-23(17-32)27(33)31-26(30-25)19-7-9-21(28)10-8-19/h3-11,14-15H,2,12-13,16-17,28H2,1H3,(H,30,31,33). The van der Waals surface area contributed by atoms with E-state index in [2.05, 4.69) is 20.9 Å². The van der Waals surface area contributed by atoms with E-state index < -0.39 is 0 Å². The lowest BCUT2D eigenvalue weighted by Crippen LogP contribution is -2.35. The van der Waals surface area contributed by atoms with E-state index in [4.69, 9.17) is 15.5 Å². The van der Waals surface area contributed by atoms with Crippen LogP contribution in [0, 0.1) is 0 Å². The molecule has 34 heavy (non-hydrogen) atoms. The monoisotopic (exact) mass is 453 g/mol. The fourth-order valence-corrected chi connectivity index (χ4v) is 4.25. The highest BCUT2D eigenvalue weighted by Gasteiger charge is 2.21. The zero-order chi connectivity index (χ0) is 23.5. The number of nitrogens with zero attached hydrogens (tertiary/aromatic N) is 3. The summed E-state index contributed by atoms with van der Waals surface area (Å²) in [7, 11) is 0. The van der Waals surface area contributed by atoms with Gasteiger partial charge < -0.3 is 15.5 Å². The minimum absolute atomic E-state index is 0.0795. The summed E-state index contributed by atoms with van der Waals surface area (Å²) in [6.07, 6.45) is 2.64. The quantitative estimate of drug-likeness (QED) is 0.428. The van der Waals surface area contributed by atoms with Gasteiger partial charge in [0.2, 0.25) is 0 Å². The Morgan fingerprint density at radius 1 is 1.09 bits per heavy atom. The minimum Gasteiger partial charge on any atom is -0.494 e. The molecule has 0 radical (unpaired) electrons. The average molecular weight is 454 g/mol. The number of pyridine rings is 1. The first-order chi connectivity index (χ1) is 16.6. The number of rotatable bonds is 6. The number of fused-ring (bicyclic) bond motifs is 1. The van der Waals surface area contributed by atoms with Crippen LogP contribution in [0.25, 0.3) is 22.6 Å². The van der Waals surface area contributed by atoms with E-state index in [0.29, 0.717) is 24.7 Å². The third-order valence-electron chi connectivity index (χ3n) is 6.00. The van der Waals surface area contributed by atoms with E-state index in [9.17, 15) is 4.79 Å². The first-order valence-corrected chi connectivity index (χ1v) is 11.5. The Balaban J connectivity index is 1.29. The summed E-state index contributed by atoms with van der Waals surface area (Å²) in [6.45, 7) is 4.74. The molecule has 0 bridgehead atoms. The van der Waals surface area contributed by atoms with Gasteiger partial charge in [0.25, 0.3) is 5.56 Å². The molecule has 2 aromatic carbocycles. The number of nitrogens with one attached hydrogen (secondary N) is 1. The van der Waals surface area contributed by atoms with Gasteiger partial charge in [-0.15, -0.1) is 0 Å². The van der Waals surface area contributed by atoms with Crippen LogP contribution in [0.1, 0.15) is 23.7 Å². The van der Waals surface area contributed by atoms with Gasteiger partial charge in [-0.3, -0.25) is 14.7 Å². The molecule has 0 unspecified atom stereocenters. The Morgan fingerprint density at radius 2 is 1.94 bits per heavy atom. The summed E-state index contributed by atoms with van der Waals surface area (Å²) < 4.78 is 5.60. The lowest BCUT2D eigenvalue weighted by Gasteiger charge is -2.27. The first-order valence-electron chi connectivity index (χ1n) is 11.5. The van der Waals surface area contributed by atoms with Crippen molar-refractivity contribution in [1.29, 1.82) is 0 Å². The maximum absolute atomic E-state index is 12.8. The lowest BCUT2D eigenvalue weighted by atomic mass is 10.1. The van der Waals surface area contributed by atoms with Crippen LogP contribution in [0.2, 0.25) is 0 Å². The van der Waals surface area contributed by atoms with E-state index in [1.54, 1.807) is 0 Å². The SMILES string of the molecule is CCOc1cccc(-c2ccc(CN3CCc4nc(-c5ccc(N)cc5)[nH]c(=O)c4C3)cn2)c1. The largest absolute Gasteiger partial charge is 0.494 e. The smallest absolute Gasteiger partial charge is 0.255 e. The zero-order valence-corrected chi connectivity index (χ0v) is 19.1. The molecule has 2 aromatic heterocycles. The molecule has 4 aromatic rings. The number of nitrogens with two attached hydrogens (primary N) is 1. The maximum atomic E-state index is 12.8. The molecule has 1 aliphatic heterocycles. The summed E-state index contributed by atoms with van der Waals surface area (Å²) in [5, 5.41) is 0. The molecule has 0 saturated heterocycles. The highest BCUT2D eigenvalue weighted by molar-refractivity contribution is 5.61. The summed E-state index contributed by atoms with van der Waals surface area (Å²) >= 11 is 0. The van der Waals surface area contributed by atoms with Crippen molar-refractivity contribution in [2.24, 2.45) is 0 Å². The number of hydrogen-bond donors (Lipinski definition) is 2. The van der Waals surface area contributed by atoms with Crippen molar-refractivity contribution in [2.45, 2.75) is 26.4 Å². The molecule has 7 heteroatoms. The Bertz CT molecular complexity index is 1350. The predicted molar refractivity (Wildman–Crippen MR) is 133 cm³/mol. The second-order valence-corrected chi connectivity index (χ2v) is 8.43. The molecule has 0 atom stereocenters. The number of aromatic amines is 1. The highest BCUT2D eigenvalue weighted by atomic mass is 16.5. The summed E-state index contributed by atoms with van der Waals surface area (Å²) in [5.74, 6) is 1.43. The molecule has 3 N–H and O–H groups in total. The number of nitrogen functional groups attached to an aromatic ring is 1. The van der Waals surface area contributed by atoms with E-state index >= 15 is 0 Å². The second-order valence-electron chi connectivity index (χ2n) is 8.43. The van der Waals surface area contributed by atoms with Gasteiger partial charge >= 0.3 is 0 Å². The molecule has 3 heterocycles. The Labute approximate surface area is 198 Å². The van der Waals surface area contributed by atoms with Crippen molar-refractivity contribution >= 4 is 5.69 Å². The summed E-state index contributed by atoms with van der Waals surface area (Å²) in [5.41, 5.74) is 11.9. The van der Waals surface area contributed by atoms with Crippen LogP contribution in [-0.4, -0.2) is 33.0 Å². The topological polar surface area (TPSA) is 97.1 Å². The van der Waals surface area contributed by atoms with E-state index in [1.807, 2.05) is 67.7 Å². The summed E-state index contributed by atoms with van der Waals surface area (Å²) in [6, 6.07) is 19.5. The van der Waals surface area contributed by atoms with Crippen LogP contribution in [-0.2, 0) is 19.5 Å². The molecular formula is C27H27N5O2. The Hall–Kier alpha value is -3.97. The Morgan fingerprint density at radius 3 is 2.71 bits per heavy atom. The van der Waals surface area contributed by atoms with Crippen molar-refractivity contribution in [3.05, 3.63) is 94.0 Å². The highest BCUT2D eigenvalue weighted by Crippen LogP contribution is 2.24. The van der Waals surface area contributed by atoms with Gasteiger partial charge in [-0.1, -0.05) is 18.2 Å². The van der Waals surface area contributed by atoms with Gasteiger partial charge in [0.1, 0.15) is 11.6 Å². The van der Waals surface area contributed by atoms with Crippen molar-refractivity contribution in [3.63, 3.8) is 0 Å². The van der Waals surface area contributed by atoms with Gasteiger partial charge in [0.05, 0.1) is 23.6 Å². The molecule has 0 spiro atoms. The van der Waals surface area contributed by atoms with Crippen LogP contribution >= 0.6 is 0 Å². The number of ether oxygens (including phenoxy) is 1. The van der Waals surface area contributed by atoms with Gasteiger partial charge in [0.15, 0.2) is 0 Å². The van der Waals surface area contributed by atoms with Crippen LogP contribution < -0.4 is 16.0 Å². The van der Waals surface area contributed by atoms with Crippen LogP contribution in [0.4, 0.5) is 5.69 Å². The zero-order valence-electron chi connectivity index (χ0n) is 19.1. The Kier molecular flexibility index (Phi) is 6.10. The van der Waals surface area contributed by atoms with Crippen LogP contribution in [0.3, 0.4) is 0 Å². The average Bonchev–Trinajstić information content (AvgIpc) is 2.86. The molecule has 0 amide bonds. The van der Waals surface area contributed by atoms with E-state index in [-0.39, 0.29) is 5.56 Å². The van der Waals surface area contributed by atoms with Crippen molar-refractivity contribution in [3.8, 4) is 28.4 Å². The molecule has 0 saturated carbocycles. The molecule has 0 fully saturated rings. The van der Waals surface area contributed by atoms with E-state index in [0.717, 1.165) is 58.9 Å². The normalized spacial score (nSPS) is 13.4. The van der Waals surface area contributed by atoms with E-state index in [1.165, 1.54) is 0 Å². The number of H-pyrrole nitrogens is 1. The number of anilines is 1. The molecule has 7 nitrogen and oxygen atoms in total. The van der Waals surface area contributed by atoms with Gasteiger partial charge in [-0.25, -0.2) is 4.98 Å². The fourth-order valence-electron chi connectivity index (χ4n) is 4.25. The number of aromatic nitrogens is 3. The minimum atomic E-state index is -0.0795. The molecule has 0 aliphatic carbocycles. The molecule has 172 valence electrons. The van der Waals surface area contributed by atoms with Gasteiger partial charge in [0, 0.05) is 49.1 Å². The molecule has 1 aliphatic rings. The third-order valence-corrected chi connectivity index (χ3v) is 6.00. The molecule has 5 rings (SSSR count). The predicted octanol–water partition coefficient (Wildman–Crippen LogP) is 4.04. The third kappa shape index (κ3) is 4.70.